The molecule has 1 saturated heterocycles. The van der Waals surface area contributed by atoms with E-state index in [1.807, 2.05) is 6.07 Å². The van der Waals surface area contributed by atoms with E-state index in [4.69, 9.17) is 5.73 Å². The lowest BCUT2D eigenvalue weighted by Gasteiger charge is -2.27. The molecule has 2 saturated carbocycles. The highest BCUT2D eigenvalue weighted by molar-refractivity contribution is 6.04. The zero-order valence-corrected chi connectivity index (χ0v) is 18.4. The van der Waals surface area contributed by atoms with Crippen molar-refractivity contribution in [3.05, 3.63) is 60.0 Å². The minimum Gasteiger partial charge on any atom is -0.364 e. The summed E-state index contributed by atoms with van der Waals surface area (Å²) in [6, 6.07) is 10.1. The number of hydrogen-bond donors (Lipinski definition) is 1. The van der Waals surface area contributed by atoms with Crippen molar-refractivity contribution in [1.82, 2.24) is 19.7 Å². The predicted octanol–water partition coefficient (Wildman–Crippen LogP) is 2.36. The zero-order chi connectivity index (χ0) is 23.6. The van der Waals surface area contributed by atoms with Crippen molar-refractivity contribution in [2.45, 2.75) is 50.0 Å². The van der Waals surface area contributed by atoms with Gasteiger partial charge in [0.15, 0.2) is 11.5 Å². The van der Waals surface area contributed by atoms with Gasteiger partial charge in [-0.1, -0.05) is 30.3 Å². The molecule has 174 valence electrons. The summed E-state index contributed by atoms with van der Waals surface area (Å²) >= 11 is 0. The van der Waals surface area contributed by atoms with Gasteiger partial charge in [0.05, 0.1) is 17.8 Å². The van der Waals surface area contributed by atoms with Crippen LogP contribution in [0.25, 0.3) is 10.9 Å². The number of nitrogens with two attached hydrogens (primary N) is 1. The fraction of sp³-hybridized carbons (Fsp3) is 0.400. The fourth-order valence-electron chi connectivity index (χ4n) is 5.62. The highest BCUT2D eigenvalue weighted by atomic mass is 19.1. The Kier molecular flexibility index (Phi) is 4.59. The molecule has 6 rings (SSSR count). The van der Waals surface area contributed by atoms with Gasteiger partial charge in [-0.2, -0.15) is 5.10 Å². The Hall–Kier alpha value is -3.62. The summed E-state index contributed by atoms with van der Waals surface area (Å²) in [6.45, 7) is -0.122. The molecular weight excluding hydrogens is 437 g/mol. The molecule has 3 aromatic rings. The van der Waals surface area contributed by atoms with Gasteiger partial charge in [0.25, 0.3) is 5.91 Å². The first kappa shape index (κ1) is 20.9. The van der Waals surface area contributed by atoms with E-state index in [1.165, 1.54) is 17.1 Å². The van der Waals surface area contributed by atoms with Crippen molar-refractivity contribution in [1.29, 1.82) is 0 Å². The van der Waals surface area contributed by atoms with Gasteiger partial charge in [-0.3, -0.25) is 24.0 Å². The molecule has 0 unspecified atom stereocenters. The number of alkyl halides is 1. The number of piperidine rings is 1. The summed E-state index contributed by atoms with van der Waals surface area (Å²) in [7, 11) is 0. The number of halogens is 1. The third kappa shape index (κ3) is 3.29. The molecule has 34 heavy (non-hydrogen) atoms. The maximum absolute atomic E-state index is 15.3. The Balaban J connectivity index is 1.19. The zero-order valence-electron chi connectivity index (χ0n) is 18.4. The summed E-state index contributed by atoms with van der Waals surface area (Å²) in [5, 5.41) is 4.77. The van der Waals surface area contributed by atoms with Crippen molar-refractivity contribution in [2.75, 3.05) is 0 Å². The Morgan fingerprint density at radius 3 is 2.71 bits per heavy atom. The molecule has 2 aliphatic carbocycles. The van der Waals surface area contributed by atoms with Crippen molar-refractivity contribution in [2.24, 2.45) is 17.6 Å². The van der Waals surface area contributed by atoms with Crippen molar-refractivity contribution in [3.63, 3.8) is 0 Å². The number of aromatic nitrogens is 3. The van der Waals surface area contributed by atoms with E-state index in [1.54, 1.807) is 35.2 Å². The first-order valence-corrected chi connectivity index (χ1v) is 11.6. The van der Waals surface area contributed by atoms with E-state index in [9.17, 15) is 14.4 Å². The van der Waals surface area contributed by atoms with Crippen LogP contribution in [0.3, 0.4) is 0 Å². The molecule has 2 amide bonds. The maximum Gasteiger partial charge on any atom is 0.269 e. The summed E-state index contributed by atoms with van der Waals surface area (Å²) in [5.74, 6) is -1.03. The second-order valence-corrected chi connectivity index (χ2v) is 9.68. The van der Waals surface area contributed by atoms with Crippen LogP contribution in [0.2, 0.25) is 0 Å². The number of primary amides is 1. The van der Waals surface area contributed by atoms with Crippen LogP contribution in [0.5, 0.6) is 0 Å². The molecule has 3 fully saturated rings. The number of carbonyl (C=O) groups excluding carboxylic acids is 3. The third-order valence-corrected chi connectivity index (χ3v) is 7.57. The van der Waals surface area contributed by atoms with E-state index in [0.29, 0.717) is 35.2 Å². The van der Waals surface area contributed by atoms with Gasteiger partial charge < -0.3 is 10.6 Å². The highest BCUT2D eigenvalue weighted by Crippen LogP contribution is 2.58. The number of likely N-dealkylation sites (tertiary alicyclic amines) is 1. The Morgan fingerprint density at radius 2 is 1.94 bits per heavy atom. The Morgan fingerprint density at radius 1 is 1.15 bits per heavy atom. The van der Waals surface area contributed by atoms with Crippen LogP contribution in [0.15, 0.2) is 48.8 Å². The van der Waals surface area contributed by atoms with Gasteiger partial charge in [-0.15, -0.1) is 0 Å². The third-order valence-electron chi connectivity index (χ3n) is 7.57. The highest BCUT2D eigenvalue weighted by Gasteiger charge is 2.60. The topological polar surface area (TPSA) is 111 Å². The lowest BCUT2D eigenvalue weighted by atomic mass is 9.99. The molecular formula is C25H24FN5O3. The fourth-order valence-corrected chi connectivity index (χ4v) is 5.62. The average Bonchev–Trinajstić information content (AvgIpc) is 3.65. The number of carbonyl (C=O) groups is 3. The van der Waals surface area contributed by atoms with Gasteiger partial charge >= 0.3 is 0 Å². The number of benzene rings is 1. The lowest BCUT2D eigenvalue weighted by molar-refractivity contribution is -0.139. The molecule has 2 aromatic heterocycles. The maximum atomic E-state index is 15.3. The van der Waals surface area contributed by atoms with Gasteiger partial charge in [-0.05, 0) is 36.8 Å². The van der Waals surface area contributed by atoms with Crippen molar-refractivity contribution in [3.8, 4) is 0 Å². The molecule has 8 nitrogen and oxygen atoms in total. The number of fused-ring (bicyclic) bond motifs is 2. The Bertz CT molecular complexity index is 1320. The predicted molar refractivity (Wildman–Crippen MR) is 120 cm³/mol. The molecule has 9 heteroatoms. The van der Waals surface area contributed by atoms with Crippen LogP contribution in [-0.4, -0.2) is 49.3 Å². The molecule has 1 aliphatic heterocycles. The van der Waals surface area contributed by atoms with Crippen LogP contribution >= 0.6 is 0 Å². The van der Waals surface area contributed by atoms with Gasteiger partial charge in [-0.25, -0.2) is 4.39 Å². The Labute approximate surface area is 194 Å². The largest absolute Gasteiger partial charge is 0.364 e. The average molecular weight is 461 g/mol. The lowest BCUT2D eigenvalue weighted by Crippen LogP contribution is -2.45. The molecule has 0 spiro atoms. The SMILES string of the molecule is NC(=O)c1nn(CC(=O)N2[C@@H]3C[C@@H]3C[C@H]2C(=O)C[C@@H]2C[C@@]2(F)c2ccccc2)c2cnccc12. The van der Waals surface area contributed by atoms with Gasteiger partial charge in [0.2, 0.25) is 5.91 Å². The quantitative estimate of drug-likeness (QED) is 0.581. The van der Waals surface area contributed by atoms with E-state index in [2.05, 4.69) is 10.1 Å². The molecule has 0 bridgehead atoms. The van der Waals surface area contributed by atoms with Crippen LogP contribution in [-0.2, 0) is 21.8 Å². The van der Waals surface area contributed by atoms with Crippen molar-refractivity contribution >= 4 is 28.5 Å². The second-order valence-electron chi connectivity index (χ2n) is 9.68. The number of amides is 2. The minimum atomic E-state index is -1.46. The van der Waals surface area contributed by atoms with E-state index in [-0.39, 0.29) is 42.3 Å². The number of nitrogens with zero attached hydrogens (tertiary/aromatic N) is 4. The number of pyridine rings is 1. The smallest absolute Gasteiger partial charge is 0.269 e. The molecule has 2 N–H and O–H groups in total. The van der Waals surface area contributed by atoms with E-state index >= 15 is 4.39 Å². The van der Waals surface area contributed by atoms with Crippen molar-refractivity contribution < 1.29 is 18.8 Å². The standard InChI is InChI=1S/C25H24FN5O3/c26-25(15-4-2-1-3-5-15)11-16(25)10-21(32)19-9-14-8-18(14)31(19)22(33)13-30-20-12-28-7-6-17(20)23(29-30)24(27)34/h1-7,12,14,16,18-19H,8-11,13H2,(H2,27,34)/t14-,16-,18-,19+,25-/m1/s1. The number of rotatable bonds is 7. The molecule has 3 heterocycles. The molecule has 5 atom stereocenters. The summed E-state index contributed by atoms with van der Waals surface area (Å²) in [5.41, 5.74) is 5.21. The van der Waals surface area contributed by atoms with E-state index < -0.39 is 17.6 Å². The summed E-state index contributed by atoms with van der Waals surface area (Å²) < 4.78 is 16.7. The summed E-state index contributed by atoms with van der Waals surface area (Å²) in [4.78, 5) is 44.1. The molecule has 3 aliphatic rings. The second kappa shape index (κ2) is 7.44. The monoisotopic (exact) mass is 461 g/mol. The molecule has 1 aromatic carbocycles. The normalized spacial score (nSPS) is 29.1. The number of hydrogen-bond acceptors (Lipinski definition) is 5. The minimum absolute atomic E-state index is 0.0421. The van der Waals surface area contributed by atoms with Gasteiger partial charge in [0.1, 0.15) is 12.2 Å². The van der Waals surface area contributed by atoms with Crippen LogP contribution in [0.4, 0.5) is 4.39 Å². The number of ketones is 1. The van der Waals surface area contributed by atoms with E-state index in [0.717, 1.165) is 6.42 Å². The molecule has 0 radical (unpaired) electrons. The van der Waals surface area contributed by atoms with Crippen LogP contribution < -0.4 is 5.73 Å². The number of Topliss-reactive ketones (excluding diaryl/α,β-unsaturated/α-hetero) is 1. The first-order valence-electron chi connectivity index (χ1n) is 11.6. The van der Waals surface area contributed by atoms with Crippen LogP contribution in [0.1, 0.15) is 41.7 Å². The van der Waals surface area contributed by atoms with Crippen LogP contribution in [0, 0.1) is 11.8 Å². The first-order chi connectivity index (χ1) is 16.4. The summed E-state index contributed by atoms with van der Waals surface area (Å²) in [6.07, 6.45) is 5.03. The van der Waals surface area contributed by atoms with Gasteiger partial charge in [0, 0.05) is 30.0 Å².